The smallest absolute Gasteiger partial charge is 0.388 e. The average Bonchev–Trinajstić information content (AvgIpc) is 2.83. The molecule has 0 radical (unpaired) electrons. The number of nitrogens with zero attached hydrogens (tertiary/aromatic N) is 3. The van der Waals surface area contributed by atoms with Crippen molar-refractivity contribution in [2.24, 2.45) is 0 Å². The quantitative estimate of drug-likeness (QED) is 0.800. The molecule has 0 aliphatic carbocycles. The third-order valence-electron chi connectivity index (χ3n) is 2.94. The van der Waals surface area contributed by atoms with E-state index in [-0.39, 0.29) is 23.5 Å². The zero-order chi connectivity index (χ0) is 15.0. The Labute approximate surface area is 112 Å². The van der Waals surface area contributed by atoms with Crippen molar-refractivity contribution in [2.75, 3.05) is 11.9 Å². The maximum absolute atomic E-state index is 12.7. The highest BCUT2D eigenvalue weighted by molar-refractivity contribution is 5.82. The molecule has 2 aromatic heterocycles. The van der Waals surface area contributed by atoms with Crippen LogP contribution in [0.1, 0.15) is 26.1 Å². The first-order valence-corrected chi connectivity index (χ1v) is 5.97. The largest absolute Gasteiger partial charge is 0.451 e. The molecule has 2 aromatic rings. The number of hydrogen-bond donors (Lipinski definition) is 3. The number of fused-ring (bicyclic) bond motifs is 1. The van der Waals surface area contributed by atoms with Crippen molar-refractivity contribution in [3.05, 3.63) is 12.2 Å². The van der Waals surface area contributed by atoms with Gasteiger partial charge in [0.05, 0.1) is 11.9 Å². The molecule has 1 unspecified atom stereocenters. The van der Waals surface area contributed by atoms with Gasteiger partial charge in [0.15, 0.2) is 11.5 Å². The summed E-state index contributed by atoms with van der Waals surface area (Å²) in [5.41, 5.74) is -0.855. The predicted molar refractivity (Wildman–Crippen MR) is 66.1 cm³/mol. The first-order chi connectivity index (χ1) is 9.23. The lowest BCUT2D eigenvalue weighted by Crippen LogP contribution is -2.33. The Morgan fingerprint density at radius 3 is 2.65 bits per heavy atom. The van der Waals surface area contributed by atoms with E-state index in [0.717, 1.165) is 0 Å². The van der Waals surface area contributed by atoms with Crippen LogP contribution in [0.5, 0.6) is 0 Å². The Morgan fingerprint density at radius 2 is 2.05 bits per heavy atom. The van der Waals surface area contributed by atoms with Crippen LogP contribution < -0.4 is 5.32 Å². The molecule has 2 heterocycles. The molecule has 1 atom stereocenters. The van der Waals surface area contributed by atoms with Gasteiger partial charge in [-0.15, -0.1) is 0 Å². The van der Waals surface area contributed by atoms with Gasteiger partial charge in [0, 0.05) is 6.54 Å². The van der Waals surface area contributed by atoms with Crippen molar-refractivity contribution in [1.82, 2.24) is 19.9 Å². The molecule has 2 rings (SSSR count). The summed E-state index contributed by atoms with van der Waals surface area (Å²) in [4.78, 5) is 13.2. The number of anilines is 1. The van der Waals surface area contributed by atoms with Gasteiger partial charge in [0.2, 0.25) is 5.82 Å². The maximum atomic E-state index is 12.7. The Kier molecular flexibility index (Phi) is 3.55. The maximum Gasteiger partial charge on any atom is 0.451 e. The molecule has 20 heavy (non-hydrogen) atoms. The minimum atomic E-state index is -4.66. The lowest BCUT2D eigenvalue weighted by atomic mass is 10.0. The number of rotatable bonds is 4. The number of hydrogen-bond acceptors (Lipinski definition) is 5. The summed E-state index contributed by atoms with van der Waals surface area (Å²) in [6.07, 6.45) is -2.97. The molecule has 110 valence electrons. The first-order valence-electron chi connectivity index (χ1n) is 5.97. The zero-order valence-corrected chi connectivity index (χ0v) is 10.9. The van der Waals surface area contributed by atoms with Crippen LogP contribution in [0, 0.1) is 0 Å². The van der Waals surface area contributed by atoms with Crippen molar-refractivity contribution in [1.29, 1.82) is 0 Å². The summed E-state index contributed by atoms with van der Waals surface area (Å²) < 4.78 is 38.1. The number of nitrogens with one attached hydrogen (secondary N) is 2. The number of aliphatic hydroxyl groups is 1. The molecule has 0 bridgehead atoms. The minimum Gasteiger partial charge on any atom is -0.388 e. The standard InChI is InChI=1S/C11H14F3N5O/c1-3-10(2,20)4-15-7-6-8(17-5-16-6)19-9(18-7)11(12,13)14/h5,20H,3-4H2,1-2H3,(H2,15,16,17,18,19). The van der Waals surface area contributed by atoms with E-state index in [4.69, 9.17) is 0 Å². The van der Waals surface area contributed by atoms with Gasteiger partial charge in [-0.1, -0.05) is 6.92 Å². The van der Waals surface area contributed by atoms with Crippen molar-refractivity contribution in [3.8, 4) is 0 Å². The van der Waals surface area contributed by atoms with Gasteiger partial charge >= 0.3 is 6.18 Å². The molecule has 0 fully saturated rings. The van der Waals surface area contributed by atoms with E-state index in [2.05, 4.69) is 25.3 Å². The van der Waals surface area contributed by atoms with Gasteiger partial charge in [0.25, 0.3) is 0 Å². The Hall–Kier alpha value is -1.90. The molecule has 0 spiro atoms. The first kappa shape index (κ1) is 14.5. The minimum absolute atomic E-state index is 0.0337. The number of aromatic amines is 1. The van der Waals surface area contributed by atoms with E-state index in [1.54, 1.807) is 13.8 Å². The van der Waals surface area contributed by atoms with Gasteiger partial charge in [-0.05, 0) is 13.3 Å². The number of alkyl halides is 3. The lowest BCUT2D eigenvalue weighted by molar-refractivity contribution is -0.144. The van der Waals surface area contributed by atoms with Crippen LogP contribution in [-0.4, -0.2) is 37.2 Å². The summed E-state index contributed by atoms with van der Waals surface area (Å²) in [6, 6.07) is 0. The highest BCUT2D eigenvalue weighted by Crippen LogP contribution is 2.29. The van der Waals surface area contributed by atoms with Crippen molar-refractivity contribution >= 4 is 17.0 Å². The Balaban J connectivity index is 2.38. The number of halogens is 3. The topological polar surface area (TPSA) is 86.7 Å². The second-order valence-electron chi connectivity index (χ2n) is 4.70. The lowest BCUT2D eigenvalue weighted by Gasteiger charge is -2.22. The molecule has 0 aliphatic heterocycles. The normalized spacial score (nSPS) is 15.3. The second kappa shape index (κ2) is 4.89. The average molecular weight is 289 g/mol. The summed E-state index contributed by atoms with van der Waals surface area (Å²) in [5, 5.41) is 12.6. The summed E-state index contributed by atoms with van der Waals surface area (Å²) in [7, 11) is 0. The highest BCUT2D eigenvalue weighted by atomic mass is 19.4. The molecular formula is C11H14F3N5O. The van der Waals surface area contributed by atoms with Crippen LogP contribution in [0.25, 0.3) is 11.2 Å². The van der Waals surface area contributed by atoms with Crippen LogP contribution in [0.4, 0.5) is 19.0 Å². The third-order valence-corrected chi connectivity index (χ3v) is 2.94. The number of H-pyrrole nitrogens is 1. The SMILES string of the molecule is CCC(C)(O)CNc1nc(C(F)(F)F)nc2nc[nH]c12. The van der Waals surface area contributed by atoms with Gasteiger partial charge in [-0.2, -0.15) is 13.2 Å². The summed E-state index contributed by atoms with van der Waals surface area (Å²) in [6.45, 7) is 3.41. The van der Waals surface area contributed by atoms with Gasteiger partial charge in [-0.25, -0.2) is 15.0 Å². The Bertz CT molecular complexity index is 608. The molecule has 3 N–H and O–H groups in total. The van der Waals surface area contributed by atoms with Crippen LogP contribution in [-0.2, 0) is 6.18 Å². The molecule has 9 heteroatoms. The predicted octanol–water partition coefficient (Wildman–Crippen LogP) is 1.94. The fourth-order valence-electron chi connectivity index (χ4n) is 1.49. The van der Waals surface area contributed by atoms with Crippen molar-refractivity contribution in [3.63, 3.8) is 0 Å². The Morgan fingerprint density at radius 1 is 1.35 bits per heavy atom. The molecule has 6 nitrogen and oxygen atoms in total. The third kappa shape index (κ3) is 2.98. The molecule has 0 saturated carbocycles. The van der Waals surface area contributed by atoms with Gasteiger partial charge in [0.1, 0.15) is 5.52 Å². The number of aromatic nitrogens is 4. The summed E-state index contributed by atoms with van der Waals surface area (Å²) in [5.74, 6) is -1.30. The highest BCUT2D eigenvalue weighted by Gasteiger charge is 2.36. The zero-order valence-electron chi connectivity index (χ0n) is 10.9. The molecular weight excluding hydrogens is 275 g/mol. The second-order valence-corrected chi connectivity index (χ2v) is 4.70. The van der Waals surface area contributed by atoms with E-state index in [9.17, 15) is 18.3 Å². The van der Waals surface area contributed by atoms with E-state index in [1.807, 2.05) is 0 Å². The van der Waals surface area contributed by atoms with Gasteiger partial charge in [-0.3, -0.25) is 0 Å². The van der Waals surface area contributed by atoms with Gasteiger partial charge < -0.3 is 15.4 Å². The molecule has 0 aromatic carbocycles. The van der Waals surface area contributed by atoms with Crippen molar-refractivity contribution in [2.45, 2.75) is 32.0 Å². The fourth-order valence-corrected chi connectivity index (χ4v) is 1.49. The van der Waals surface area contributed by atoms with Crippen LogP contribution in [0.2, 0.25) is 0 Å². The summed E-state index contributed by atoms with van der Waals surface area (Å²) >= 11 is 0. The fraction of sp³-hybridized carbons (Fsp3) is 0.545. The van der Waals surface area contributed by atoms with E-state index in [0.29, 0.717) is 6.42 Å². The van der Waals surface area contributed by atoms with E-state index >= 15 is 0 Å². The molecule has 0 aliphatic rings. The molecule has 0 saturated heterocycles. The van der Waals surface area contributed by atoms with E-state index in [1.165, 1.54) is 6.33 Å². The van der Waals surface area contributed by atoms with E-state index < -0.39 is 17.6 Å². The van der Waals surface area contributed by atoms with Crippen molar-refractivity contribution < 1.29 is 18.3 Å². The number of imidazole rings is 1. The van der Waals surface area contributed by atoms with Crippen LogP contribution >= 0.6 is 0 Å². The van der Waals surface area contributed by atoms with Crippen LogP contribution in [0.15, 0.2) is 6.33 Å². The monoisotopic (exact) mass is 289 g/mol. The van der Waals surface area contributed by atoms with Crippen LogP contribution in [0.3, 0.4) is 0 Å². The molecule has 0 amide bonds.